The first kappa shape index (κ1) is 12.8. The van der Waals surface area contributed by atoms with Crippen molar-refractivity contribution in [3.63, 3.8) is 0 Å². The lowest BCUT2D eigenvalue weighted by Crippen LogP contribution is -2.50. The molecule has 5 nitrogen and oxygen atoms in total. The summed E-state index contributed by atoms with van der Waals surface area (Å²) in [6.07, 6.45) is 3.18. The van der Waals surface area contributed by atoms with Crippen LogP contribution in [-0.2, 0) is 4.79 Å². The molecule has 1 fully saturated rings. The number of carboxylic acids is 1. The van der Waals surface area contributed by atoms with Gasteiger partial charge in [-0.3, -0.25) is 4.79 Å². The highest BCUT2D eigenvalue weighted by Crippen LogP contribution is 2.17. The fourth-order valence-electron chi connectivity index (χ4n) is 1.59. The molecule has 3 N–H and O–H groups in total. The number of rotatable bonds is 5. The number of carbonyl (C=O) groups excluding carboxylic acids is 1. The summed E-state index contributed by atoms with van der Waals surface area (Å²) >= 11 is 0. The molecule has 0 bridgehead atoms. The van der Waals surface area contributed by atoms with Crippen molar-refractivity contribution in [2.75, 3.05) is 0 Å². The van der Waals surface area contributed by atoms with Crippen molar-refractivity contribution in [3.8, 4) is 0 Å². The molecule has 1 aliphatic rings. The van der Waals surface area contributed by atoms with E-state index in [4.69, 9.17) is 5.11 Å². The van der Waals surface area contributed by atoms with Crippen LogP contribution in [0, 0.1) is 5.92 Å². The second kappa shape index (κ2) is 5.72. The largest absolute Gasteiger partial charge is 0.481 e. The maximum atomic E-state index is 11.5. The Hall–Kier alpha value is -1.26. The second-order valence-electron chi connectivity index (χ2n) is 4.69. The summed E-state index contributed by atoms with van der Waals surface area (Å²) in [6.45, 7) is 3.80. The van der Waals surface area contributed by atoms with Crippen LogP contribution in [0.25, 0.3) is 0 Å². The zero-order chi connectivity index (χ0) is 12.1. The molecule has 0 aromatic rings. The summed E-state index contributed by atoms with van der Waals surface area (Å²) < 4.78 is 0. The van der Waals surface area contributed by atoms with Gasteiger partial charge in [0.15, 0.2) is 0 Å². The van der Waals surface area contributed by atoms with Crippen LogP contribution < -0.4 is 10.6 Å². The Morgan fingerprint density at radius 2 is 2.00 bits per heavy atom. The molecule has 0 aromatic heterocycles. The van der Waals surface area contributed by atoms with Gasteiger partial charge >= 0.3 is 12.0 Å². The molecule has 1 atom stereocenters. The molecule has 1 rings (SSSR count). The maximum Gasteiger partial charge on any atom is 0.315 e. The summed E-state index contributed by atoms with van der Waals surface area (Å²) in [5, 5.41) is 14.3. The molecule has 2 amide bonds. The van der Waals surface area contributed by atoms with Gasteiger partial charge in [-0.05, 0) is 25.2 Å². The number of carboxylic acid groups (broad SMARTS) is 1. The fraction of sp³-hybridized carbons (Fsp3) is 0.818. The molecule has 0 aliphatic heterocycles. The van der Waals surface area contributed by atoms with Crippen molar-refractivity contribution in [2.24, 2.45) is 5.92 Å². The van der Waals surface area contributed by atoms with E-state index < -0.39 is 5.97 Å². The number of nitrogens with one attached hydrogen (secondary N) is 2. The number of urea groups is 1. The highest BCUT2D eigenvalue weighted by atomic mass is 16.4. The van der Waals surface area contributed by atoms with E-state index in [1.165, 1.54) is 0 Å². The monoisotopic (exact) mass is 228 g/mol. The molecule has 0 heterocycles. The van der Waals surface area contributed by atoms with Gasteiger partial charge in [0.05, 0.1) is 6.42 Å². The summed E-state index contributed by atoms with van der Waals surface area (Å²) in [7, 11) is 0. The molecule has 0 radical (unpaired) electrons. The summed E-state index contributed by atoms with van der Waals surface area (Å²) in [5.41, 5.74) is 0. The lowest BCUT2D eigenvalue weighted by atomic mass is 9.93. The molecule has 1 aliphatic carbocycles. The molecule has 1 saturated carbocycles. The average Bonchev–Trinajstić information content (AvgIpc) is 2.09. The predicted molar refractivity (Wildman–Crippen MR) is 60.2 cm³/mol. The third-order valence-electron chi connectivity index (χ3n) is 2.96. The number of carbonyl (C=O) groups is 2. The molecule has 0 spiro atoms. The molecule has 0 saturated heterocycles. The Bertz CT molecular complexity index is 262. The van der Waals surface area contributed by atoms with Gasteiger partial charge in [-0.15, -0.1) is 0 Å². The molecule has 0 aromatic carbocycles. The average molecular weight is 228 g/mol. The van der Waals surface area contributed by atoms with Crippen LogP contribution in [0.1, 0.15) is 39.5 Å². The molecule has 92 valence electrons. The Balaban J connectivity index is 2.34. The van der Waals surface area contributed by atoms with Gasteiger partial charge in [-0.25, -0.2) is 4.79 Å². The fourth-order valence-corrected chi connectivity index (χ4v) is 1.59. The quantitative estimate of drug-likeness (QED) is 0.664. The summed E-state index contributed by atoms with van der Waals surface area (Å²) in [5.74, 6) is -0.772. The minimum Gasteiger partial charge on any atom is -0.481 e. The van der Waals surface area contributed by atoms with E-state index in [-0.39, 0.29) is 30.5 Å². The standard InChI is InChI=1S/C11H20N2O3/c1-7(2)9(6-10(14)15)13-11(16)12-8-4-3-5-8/h7-9H,3-6H2,1-2H3,(H,14,15)(H2,12,13,16). The van der Waals surface area contributed by atoms with E-state index in [0.717, 1.165) is 19.3 Å². The van der Waals surface area contributed by atoms with Gasteiger partial charge in [-0.1, -0.05) is 13.8 Å². The normalized spacial score (nSPS) is 17.7. The summed E-state index contributed by atoms with van der Waals surface area (Å²) in [6, 6.07) is -0.278. The highest BCUT2D eigenvalue weighted by molar-refractivity contribution is 5.76. The Labute approximate surface area is 95.6 Å². The first-order valence-corrected chi connectivity index (χ1v) is 5.78. The van der Waals surface area contributed by atoms with Gasteiger partial charge in [0.2, 0.25) is 0 Å². The van der Waals surface area contributed by atoms with Crippen LogP contribution in [0.2, 0.25) is 0 Å². The zero-order valence-corrected chi connectivity index (χ0v) is 9.82. The second-order valence-corrected chi connectivity index (χ2v) is 4.69. The van der Waals surface area contributed by atoms with Crippen LogP contribution in [0.3, 0.4) is 0 Å². The van der Waals surface area contributed by atoms with E-state index in [2.05, 4.69) is 10.6 Å². The number of hydrogen-bond acceptors (Lipinski definition) is 2. The minimum atomic E-state index is -0.886. The Kier molecular flexibility index (Phi) is 4.58. The van der Waals surface area contributed by atoms with E-state index in [1.54, 1.807) is 0 Å². The topological polar surface area (TPSA) is 78.4 Å². The van der Waals surface area contributed by atoms with Gasteiger partial charge in [-0.2, -0.15) is 0 Å². The van der Waals surface area contributed by atoms with E-state index in [1.807, 2.05) is 13.8 Å². The maximum absolute atomic E-state index is 11.5. The zero-order valence-electron chi connectivity index (χ0n) is 9.82. The third-order valence-corrected chi connectivity index (χ3v) is 2.96. The summed E-state index contributed by atoms with van der Waals surface area (Å²) in [4.78, 5) is 22.1. The first-order chi connectivity index (χ1) is 7.49. The third kappa shape index (κ3) is 4.08. The molecule has 5 heteroatoms. The lowest BCUT2D eigenvalue weighted by molar-refractivity contribution is -0.137. The van der Waals surface area contributed by atoms with E-state index in [9.17, 15) is 9.59 Å². The lowest BCUT2D eigenvalue weighted by Gasteiger charge is -2.28. The smallest absolute Gasteiger partial charge is 0.315 e. The van der Waals surface area contributed by atoms with Crippen molar-refractivity contribution >= 4 is 12.0 Å². The van der Waals surface area contributed by atoms with Crippen molar-refractivity contribution in [1.82, 2.24) is 10.6 Å². The van der Waals surface area contributed by atoms with Crippen LogP contribution in [-0.4, -0.2) is 29.2 Å². The Morgan fingerprint density at radius 1 is 1.38 bits per heavy atom. The number of amides is 2. The molecular formula is C11H20N2O3. The number of hydrogen-bond donors (Lipinski definition) is 3. The predicted octanol–water partition coefficient (Wildman–Crippen LogP) is 1.34. The molecular weight excluding hydrogens is 208 g/mol. The van der Waals surface area contributed by atoms with Crippen LogP contribution >= 0.6 is 0 Å². The highest BCUT2D eigenvalue weighted by Gasteiger charge is 2.23. The van der Waals surface area contributed by atoms with Gasteiger partial charge in [0.1, 0.15) is 0 Å². The van der Waals surface area contributed by atoms with Gasteiger partial charge in [0.25, 0.3) is 0 Å². The van der Waals surface area contributed by atoms with Crippen LogP contribution in [0.4, 0.5) is 4.79 Å². The molecule has 16 heavy (non-hydrogen) atoms. The van der Waals surface area contributed by atoms with Gasteiger partial charge in [0, 0.05) is 12.1 Å². The van der Waals surface area contributed by atoms with Gasteiger partial charge < -0.3 is 15.7 Å². The minimum absolute atomic E-state index is 0.0320. The van der Waals surface area contributed by atoms with Crippen LogP contribution in [0.5, 0.6) is 0 Å². The van der Waals surface area contributed by atoms with E-state index >= 15 is 0 Å². The van der Waals surface area contributed by atoms with Crippen molar-refractivity contribution in [1.29, 1.82) is 0 Å². The number of aliphatic carboxylic acids is 1. The Morgan fingerprint density at radius 3 is 2.38 bits per heavy atom. The molecule has 1 unspecified atom stereocenters. The SMILES string of the molecule is CC(C)C(CC(=O)O)NC(=O)NC1CCC1. The van der Waals surface area contributed by atoms with Crippen molar-refractivity contribution in [2.45, 2.75) is 51.6 Å². The first-order valence-electron chi connectivity index (χ1n) is 5.78. The van der Waals surface area contributed by atoms with Crippen LogP contribution in [0.15, 0.2) is 0 Å². The van der Waals surface area contributed by atoms with E-state index in [0.29, 0.717) is 0 Å². The van der Waals surface area contributed by atoms with Crippen molar-refractivity contribution in [3.05, 3.63) is 0 Å². The van der Waals surface area contributed by atoms with Crippen molar-refractivity contribution < 1.29 is 14.7 Å².